The van der Waals surface area contributed by atoms with Crippen molar-refractivity contribution >= 4 is 0 Å². The van der Waals surface area contributed by atoms with Crippen LogP contribution in [0.1, 0.15) is 24.4 Å². The van der Waals surface area contributed by atoms with E-state index in [4.69, 9.17) is 15.3 Å². The lowest BCUT2D eigenvalue weighted by atomic mass is 9.89. The van der Waals surface area contributed by atoms with E-state index in [1.165, 1.54) is 0 Å². The predicted octanol–water partition coefficient (Wildman–Crippen LogP) is 1.02. The molecule has 0 saturated carbocycles. The molecule has 17 heavy (non-hydrogen) atoms. The quantitative estimate of drug-likeness (QED) is 0.604. The van der Waals surface area contributed by atoms with Crippen molar-refractivity contribution in [1.82, 2.24) is 10.4 Å². The molecule has 1 aliphatic heterocycles. The largest absolute Gasteiger partial charge is 0.495 e. The van der Waals surface area contributed by atoms with Crippen molar-refractivity contribution in [1.29, 1.82) is 0 Å². The van der Waals surface area contributed by atoms with Gasteiger partial charge in [0.05, 0.1) is 26.0 Å². The van der Waals surface area contributed by atoms with Crippen molar-refractivity contribution in [2.75, 3.05) is 20.3 Å². The van der Waals surface area contributed by atoms with E-state index in [0.29, 0.717) is 5.92 Å². The number of pyridine rings is 1. The number of hydrogen-bond acceptors (Lipinski definition) is 5. The third-order valence-electron chi connectivity index (χ3n) is 3.22. The Morgan fingerprint density at radius 3 is 3.18 bits per heavy atom. The molecule has 2 rings (SSSR count). The lowest BCUT2D eigenvalue weighted by Crippen LogP contribution is -2.37. The lowest BCUT2D eigenvalue weighted by molar-refractivity contribution is 0.0386. The molecule has 5 heteroatoms. The highest BCUT2D eigenvalue weighted by molar-refractivity contribution is 5.33. The van der Waals surface area contributed by atoms with E-state index in [1.807, 2.05) is 6.07 Å². The summed E-state index contributed by atoms with van der Waals surface area (Å²) >= 11 is 0. The number of ether oxygens (including phenoxy) is 2. The Morgan fingerprint density at radius 2 is 2.53 bits per heavy atom. The van der Waals surface area contributed by atoms with Gasteiger partial charge in [-0.25, -0.2) is 0 Å². The summed E-state index contributed by atoms with van der Waals surface area (Å²) in [4.78, 5) is 4.05. The molecule has 1 aromatic heterocycles. The molecular formula is C12H19N3O2. The maximum absolute atomic E-state index is 5.68. The first kappa shape index (κ1) is 12.3. The van der Waals surface area contributed by atoms with Crippen LogP contribution >= 0.6 is 0 Å². The molecule has 1 aromatic rings. The second-order valence-electron chi connectivity index (χ2n) is 4.24. The summed E-state index contributed by atoms with van der Waals surface area (Å²) in [7, 11) is 1.64. The molecule has 2 atom stereocenters. The van der Waals surface area contributed by atoms with Crippen molar-refractivity contribution < 1.29 is 9.47 Å². The zero-order valence-corrected chi connectivity index (χ0v) is 10.1. The minimum atomic E-state index is 0.0493. The van der Waals surface area contributed by atoms with Crippen LogP contribution in [0.2, 0.25) is 0 Å². The molecule has 0 spiro atoms. The summed E-state index contributed by atoms with van der Waals surface area (Å²) in [5, 5.41) is 0. The fourth-order valence-electron chi connectivity index (χ4n) is 2.33. The highest BCUT2D eigenvalue weighted by Gasteiger charge is 2.26. The van der Waals surface area contributed by atoms with Crippen LogP contribution in [-0.2, 0) is 4.74 Å². The van der Waals surface area contributed by atoms with Gasteiger partial charge in [0.2, 0.25) is 0 Å². The minimum Gasteiger partial charge on any atom is -0.495 e. The molecule has 1 aliphatic rings. The van der Waals surface area contributed by atoms with Crippen LogP contribution in [0.3, 0.4) is 0 Å². The first-order valence-corrected chi connectivity index (χ1v) is 5.88. The Bertz CT molecular complexity index is 353. The second kappa shape index (κ2) is 5.95. The molecule has 2 heterocycles. The van der Waals surface area contributed by atoms with Gasteiger partial charge < -0.3 is 9.47 Å². The van der Waals surface area contributed by atoms with Gasteiger partial charge in [-0.3, -0.25) is 16.3 Å². The molecule has 3 N–H and O–H groups in total. The van der Waals surface area contributed by atoms with Gasteiger partial charge >= 0.3 is 0 Å². The van der Waals surface area contributed by atoms with E-state index < -0.39 is 0 Å². The third kappa shape index (κ3) is 2.74. The lowest BCUT2D eigenvalue weighted by Gasteiger charge is -2.30. The van der Waals surface area contributed by atoms with E-state index in [-0.39, 0.29) is 6.04 Å². The number of rotatable bonds is 4. The Hall–Kier alpha value is -1.17. The van der Waals surface area contributed by atoms with Gasteiger partial charge in [-0.2, -0.15) is 0 Å². The van der Waals surface area contributed by atoms with Crippen molar-refractivity contribution in [2.24, 2.45) is 11.8 Å². The zero-order chi connectivity index (χ0) is 12.1. The van der Waals surface area contributed by atoms with Crippen LogP contribution in [0.25, 0.3) is 0 Å². The van der Waals surface area contributed by atoms with E-state index in [0.717, 1.165) is 37.4 Å². The van der Waals surface area contributed by atoms with Crippen molar-refractivity contribution in [3.8, 4) is 5.75 Å². The highest BCUT2D eigenvalue weighted by Crippen LogP contribution is 2.32. The molecular weight excluding hydrogens is 218 g/mol. The van der Waals surface area contributed by atoms with Crippen LogP contribution in [0.5, 0.6) is 5.75 Å². The van der Waals surface area contributed by atoms with Crippen LogP contribution < -0.4 is 16.0 Å². The Balaban J connectivity index is 2.21. The summed E-state index contributed by atoms with van der Waals surface area (Å²) in [5.41, 5.74) is 3.92. The number of hydrazine groups is 1. The number of hydrogen-bond donors (Lipinski definition) is 2. The summed E-state index contributed by atoms with van der Waals surface area (Å²) in [6.45, 7) is 1.58. The average molecular weight is 237 g/mol. The molecule has 0 bridgehead atoms. The van der Waals surface area contributed by atoms with Gasteiger partial charge in [-0.15, -0.1) is 0 Å². The molecule has 0 aliphatic carbocycles. The van der Waals surface area contributed by atoms with Crippen LogP contribution in [0, 0.1) is 5.92 Å². The SMILES string of the molecule is COc1cnccc1C(NN)C1CCCOC1. The van der Waals surface area contributed by atoms with Crippen LogP contribution in [0.15, 0.2) is 18.5 Å². The van der Waals surface area contributed by atoms with Gasteiger partial charge in [-0.1, -0.05) is 0 Å². The summed E-state index contributed by atoms with van der Waals surface area (Å²) in [6.07, 6.45) is 5.66. The number of aromatic nitrogens is 1. The van der Waals surface area contributed by atoms with E-state index in [2.05, 4.69) is 10.4 Å². The van der Waals surface area contributed by atoms with Gasteiger partial charge in [0.15, 0.2) is 0 Å². The predicted molar refractivity (Wildman–Crippen MR) is 64.4 cm³/mol. The second-order valence-corrected chi connectivity index (χ2v) is 4.24. The maximum Gasteiger partial charge on any atom is 0.141 e. The van der Waals surface area contributed by atoms with Gasteiger partial charge in [-0.05, 0) is 18.9 Å². The van der Waals surface area contributed by atoms with E-state index in [9.17, 15) is 0 Å². The molecule has 5 nitrogen and oxygen atoms in total. The third-order valence-corrected chi connectivity index (χ3v) is 3.22. The first-order chi connectivity index (χ1) is 8.36. The fourth-order valence-corrected chi connectivity index (χ4v) is 2.33. The Morgan fingerprint density at radius 1 is 1.65 bits per heavy atom. The summed E-state index contributed by atoms with van der Waals surface area (Å²) < 4.78 is 10.8. The van der Waals surface area contributed by atoms with Crippen LogP contribution in [0.4, 0.5) is 0 Å². The fraction of sp³-hybridized carbons (Fsp3) is 0.583. The minimum absolute atomic E-state index is 0.0493. The first-order valence-electron chi connectivity index (χ1n) is 5.88. The average Bonchev–Trinajstić information content (AvgIpc) is 2.41. The molecule has 0 radical (unpaired) electrons. The molecule has 1 saturated heterocycles. The Kier molecular flexibility index (Phi) is 4.30. The number of methoxy groups -OCH3 is 1. The Labute approximate surface area is 101 Å². The summed E-state index contributed by atoms with van der Waals surface area (Å²) in [6, 6.07) is 1.99. The molecule has 0 aromatic carbocycles. The molecule has 1 fully saturated rings. The van der Waals surface area contributed by atoms with Crippen molar-refractivity contribution in [3.63, 3.8) is 0 Å². The van der Waals surface area contributed by atoms with Gasteiger partial charge in [0, 0.05) is 24.3 Å². The van der Waals surface area contributed by atoms with Crippen molar-refractivity contribution in [2.45, 2.75) is 18.9 Å². The van der Waals surface area contributed by atoms with E-state index >= 15 is 0 Å². The molecule has 2 unspecified atom stereocenters. The number of nitrogens with two attached hydrogens (primary N) is 1. The normalized spacial score (nSPS) is 22.1. The number of nitrogens with one attached hydrogen (secondary N) is 1. The van der Waals surface area contributed by atoms with Crippen molar-refractivity contribution in [3.05, 3.63) is 24.0 Å². The topological polar surface area (TPSA) is 69.4 Å². The highest BCUT2D eigenvalue weighted by atomic mass is 16.5. The summed E-state index contributed by atoms with van der Waals surface area (Å²) in [5.74, 6) is 6.82. The zero-order valence-electron chi connectivity index (χ0n) is 10.1. The molecule has 0 amide bonds. The van der Waals surface area contributed by atoms with Gasteiger partial charge in [0.25, 0.3) is 0 Å². The monoisotopic (exact) mass is 237 g/mol. The van der Waals surface area contributed by atoms with Crippen LogP contribution in [-0.4, -0.2) is 25.3 Å². The molecule has 94 valence electrons. The maximum atomic E-state index is 5.68. The number of nitrogens with zero attached hydrogens (tertiary/aromatic N) is 1. The standard InChI is InChI=1S/C12H19N3O2/c1-16-11-7-14-5-4-10(11)12(15-13)9-3-2-6-17-8-9/h4-5,7,9,12,15H,2-3,6,8,13H2,1H3. The van der Waals surface area contributed by atoms with E-state index in [1.54, 1.807) is 19.5 Å². The smallest absolute Gasteiger partial charge is 0.141 e. The van der Waals surface area contributed by atoms with Gasteiger partial charge in [0.1, 0.15) is 5.75 Å².